The Morgan fingerprint density at radius 1 is 0.688 bits per heavy atom. The number of nitrogens with one attached hydrogen (secondary N) is 1. The molecule has 0 rings (SSSR count). The Bertz CT molecular complexity index is 481. The number of carbonyl (C=O) groups is 3. The SMILES string of the molecule is CCCCCCCCCCCCCC(=O)OC(CCC)CCCCCC(=O)NCC(=O)O. The summed E-state index contributed by atoms with van der Waals surface area (Å²) in [7, 11) is 0. The molecule has 1 unspecified atom stereocenters. The van der Waals surface area contributed by atoms with Crippen LogP contribution in [0.1, 0.15) is 136 Å². The van der Waals surface area contributed by atoms with Gasteiger partial charge in [-0.3, -0.25) is 14.4 Å². The second-order valence-corrected chi connectivity index (χ2v) is 8.96. The lowest BCUT2D eigenvalue weighted by molar-refractivity contribution is -0.150. The lowest BCUT2D eigenvalue weighted by atomic mass is 10.0. The minimum atomic E-state index is -1.03. The molecule has 0 fully saturated rings. The van der Waals surface area contributed by atoms with Gasteiger partial charge in [-0.05, 0) is 32.1 Å². The highest BCUT2D eigenvalue weighted by Gasteiger charge is 2.13. The summed E-state index contributed by atoms with van der Waals surface area (Å²) in [5.41, 5.74) is 0. The summed E-state index contributed by atoms with van der Waals surface area (Å²) in [4.78, 5) is 34.1. The van der Waals surface area contributed by atoms with E-state index < -0.39 is 5.97 Å². The molecule has 32 heavy (non-hydrogen) atoms. The fourth-order valence-electron chi connectivity index (χ4n) is 3.86. The van der Waals surface area contributed by atoms with Crippen molar-refractivity contribution in [2.24, 2.45) is 0 Å². The second-order valence-electron chi connectivity index (χ2n) is 8.96. The zero-order valence-electron chi connectivity index (χ0n) is 20.8. The molecular weight excluding hydrogens is 406 g/mol. The number of hydrogen-bond acceptors (Lipinski definition) is 4. The third-order valence-corrected chi connectivity index (χ3v) is 5.76. The molecule has 0 aliphatic rings. The normalized spacial score (nSPS) is 11.8. The molecule has 0 saturated heterocycles. The molecule has 0 aliphatic heterocycles. The van der Waals surface area contributed by atoms with E-state index in [9.17, 15) is 14.4 Å². The van der Waals surface area contributed by atoms with Gasteiger partial charge in [-0.25, -0.2) is 0 Å². The quantitative estimate of drug-likeness (QED) is 0.135. The van der Waals surface area contributed by atoms with Crippen LogP contribution in [-0.2, 0) is 19.1 Å². The zero-order chi connectivity index (χ0) is 23.9. The number of carboxylic acids is 1. The van der Waals surface area contributed by atoms with Gasteiger partial charge in [-0.15, -0.1) is 0 Å². The van der Waals surface area contributed by atoms with Gasteiger partial charge in [0, 0.05) is 12.8 Å². The van der Waals surface area contributed by atoms with E-state index >= 15 is 0 Å². The first-order valence-corrected chi connectivity index (χ1v) is 13.2. The molecule has 0 aromatic rings. The molecule has 6 nitrogen and oxygen atoms in total. The summed E-state index contributed by atoms with van der Waals surface area (Å²) in [5.74, 6) is -1.33. The lowest BCUT2D eigenvalue weighted by Gasteiger charge is -2.17. The van der Waals surface area contributed by atoms with E-state index in [1.54, 1.807) is 0 Å². The van der Waals surface area contributed by atoms with Crippen molar-refractivity contribution < 1.29 is 24.2 Å². The van der Waals surface area contributed by atoms with Gasteiger partial charge in [0.05, 0.1) is 0 Å². The van der Waals surface area contributed by atoms with Crippen LogP contribution in [0.4, 0.5) is 0 Å². The number of hydrogen-bond donors (Lipinski definition) is 2. The predicted molar refractivity (Wildman–Crippen MR) is 130 cm³/mol. The Labute approximate surface area is 196 Å². The maximum absolute atomic E-state index is 12.2. The van der Waals surface area contributed by atoms with Crippen LogP contribution in [0, 0.1) is 0 Å². The number of aliphatic carboxylic acids is 1. The van der Waals surface area contributed by atoms with Gasteiger partial charge in [0.2, 0.25) is 5.91 Å². The van der Waals surface area contributed by atoms with Gasteiger partial charge in [0.15, 0.2) is 0 Å². The molecule has 188 valence electrons. The van der Waals surface area contributed by atoms with Crippen molar-refractivity contribution in [2.45, 2.75) is 142 Å². The first kappa shape index (κ1) is 30.4. The van der Waals surface area contributed by atoms with Crippen molar-refractivity contribution in [1.82, 2.24) is 5.32 Å². The van der Waals surface area contributed by atoms with Crippen LogP contribution in [-0.4, -0.2) is 35.6 Å². The van der Waals surface area contributed by atoms with E-state index in [2.05, 4.69) is 19.2 Å². The van der Waals surface area contributed by atoms with Crippen molar-refractivity contribution in [2.75, 3.05) is 6.54 Å². The average molecular weight is 456 g/mol. The summed E-state index contributed by atoms with van der Waals surface area (Å²) in [6.07, 6.45) is 20.0. The standard InChI is InChI=1S/C26H49NO5/c1-3-5-6-7-8-9-10-11-12-13-17-21-26(31)32-23(18-4-2)19-15-14-16-20-24(28)27-22-25(29)30/h23H,3-22H2,1-2H3,(H,27,28)(H,29,30). The van der Waals surface area contributed by atoms with Crippen LogP contribution in [0.2, 0.25) is 0 Å². The van der Waals surface area contributed by atoms with Crippen molar-refractivity contribution in [3.05, 3.63) is 0 Å². The number of ether oxygens (including phenoxy) is 1. The second kappa shape index (κ2) is 22.6. The van der Waals surface area contributed by atoms with Crippen LogP contribution in [0.25, 0.3) is 0 Å². The Balaban J connectivity index is 3.70. The van der Waals surface area contributed by atoms with Crippen molar-refractivity contribution in [1.29, 1.82) is 0 Å². The molecule has 6 heteroatoms. The summed E-state index contributed by atoms with van der Waals surface area (Å²) < 4.78 is 5.69. The summed E-state index contributed by atoms with van der Waals surface area (Å²) in [5, 5.41) is 10.9. The Morgan fingerprint density at radius 3 is 1.78 bits per heavy atom. The largest absolute Gasteiger partial charge is 0.480 e. The molecule has 0 heterocycles. The van der Waals surface area contributed by atoms with E-state index in [4.69, 9.17) is 9.84 Å². The maximum atomic E-state index is 12.2. The minimum absolute atomic E-state index is 0.0268. The monoisotopic (exact) mass is 455 g/mol. The molecule has 0 aromatic carbocycles. The molecule has 0 spiro atoms. The molecule has 1 atom stereocenters. The van der Waals surface area contributed by atoms with Gasteiger partial charge in [0.25, 0.3) is 0 Å². The molecule has 0 bridgehead atoms. The van der Waals surface area contributed by atoms with E-state index in [1.807, 2.05) is 0 Å². The average Bonchev–Trinajstić information content (AvgIpc) is 2.75. The molecule has 0 saturated carbocycles. The number of carboxylic acid groups (broad SMARTS) is 1. The van der Waals surface area contributed by atoms with Gasteiger partial charge in [0.1, 0.15) is 12.6 Å². The minimum Gasteiger partial charge on any atom is -0.480 e. The molecule has 0 aromatic heterocycles. The topological polar surface area (TPSA) is 92.7 Å². The van der Waals surface area contributed by atoms with Crippen molar-refractivity contribution in [3.63, 3.8) is 0 Å². The van der Waals surface area contributed by atoms with Gasteiger partial charge in [-0.2, -0.15) is 0 Å². The van der Waals surface area contributed by atoms with E-state index in [0.717, 1.165) is 51.4 Å². The van der Waals surface area contributed by atoms with Crippen LogP contribution in [0.3, 0.4) is 0 Å². The number of esters is 1. The zero-order valence-corrected chi connectivity index (χ0v) is 20.8. The molecular formula is C26H49NO5. The van der Waals surface area contributed by atoms with Crippen molar-refractivity contribution in [3.8, 4) is 0 Å². The highest BCUT2D eigenvalue weighted by atomic mass is 16.5. The predicted octanol–water partition coefficient (Wildman–Crippen LogP) is 6.55. The summed E-state index contributed by atoms with van der Waals surface area (Å²) in [6.45, 7) is 4.02. The van der Waals surface area contributed by atoms with E-state index in [1.165, 1.54) is 57.8 Å². The molecule has 0 aliphatic carbocycles. The first-order valence-electron chi connectivity index (χ1n) is 13.2. The Hall–Kier alpha value is -1.59. The van der Waals surface area contributed by atoms with Crippen LogP contribution in [0.15, 0.2) is 0 Å². The number of amides is 1. The first-order chi connectivity index (χ1) is 15.5. The van der Waals surface area contributed by atoms with Gasteiger partial charge >= 0.3 is 11.9 Å². The number of unbranched alkanes of at least 4 members (excludes halogenated alkanes) is 12. The highest BCUT2D eigenvalue weighted by molar-refractivity contribution is 5.80. The Kier molecular flexibility index (Phi) is 21.5. The maximum Gasteiger partial charge on any atom is 0.322 e. The van der Waals surface area contributed by atoms with Gasteiger partial charge in [-0.1, -0.05) is 90.9 Å². The molecule has 0 radical (unpaired) electrons. The van der Waals surface area contributed by atoms with E-state index in [-0.39, 0.29) is 24.5 Å². The number of rotatable bonds is 23. The van der Waals surface area contributed by atoms with Gasteiger partial charge < -0.3 is 15.2 Å². The van der Waals surface area contributed by atoms with Crippen LogP contribution in [0.5, 0.6) is 0 Å². The smallest absolute Gasteiger partial charge is 0.322 e. The molecule has 1 amide bonds. The molecule has 2 N–H and O–H groups in total. The number of carbonyl (C=O) groups excluding carboxylic acids is 2. The van der Waals surface area contributed by atoms with Crippen LogP contribution >= 0.6 is 0 Å². The third-order valence-electron chi connectivity index (χ3n) is 5.76. The summed E-state index contributed by atoms with van der Waals surface area (Å²) >= 11 is 0. The fraction of sp³-hybridized carbons (Fsp3) is 0.885. The van der Waals surface area contributed by atoms with Crippen LogP contribution < -0.4 is 5.32 Å². The fourth-order valence-corrected chi connectivity index (χ4v) is 3.86. The highest BCUT2D eigenvalue weighted by Crippen LogP contribution is 2.16. The lowest BCUT2D eigenvalue weighted by Crippen LogP contribution is -2.28. The third kappa shape index (κ3) is 21.6. The van der Waals surface area contributed by atoms with Crippen molar-refractivity contribution >= 4 is 17.8 Å². The van der Waals surface area contributed by atoms with E-state index in [0.29, 0.717) is 12.8 Å². The summed E-state index contributed by atoms with van der Waals surface area (Å²) in [6, 6.07) is 0. The Morgan fingerprint density at radius 2 is 1.22 bits per heavy atom.